The maximum Gasteiger partial charge on any atom is 0.330 e. The van der Waals surface area contributed by atoms with Gasteiger partial charge in [-0.15, -0.1) is 6.58 Å². The first-order valence-electron chi connectivity index (χ1n) is 15.4. The molecular formula is C36H39FN2O7Si. The summed E-state index contributed by atoms with van der Waals surface area (Å²) in [6.45, 7) is 10.4. The van der Waals surface area contributed by atoms with Crippen LogP contribution in [0.15, 0.2) is 119 Å². The second-order valence-electron chi connectivity index (χ2n) is 12.7. The number of nitrogens with one attached hydrogen (secondary N) is 1. The molecular weight excluding hydrogens is 619 g/mol. The predicted octanol–water partition coefficient (Wildman–Crippen LogP) is 4.38. The van der Waals surface area contributed by atoms with Crippen LogP contribution in [0, 0.1) is 11.7 Å². The van der Waals surface area contributed by atoms with Gasteiger partial charge in [0.15, 0.2) is 0 Å². The molecule has 246 valence electrons. The molecule has 47 heavy (non-hydrogen) atoms. The summed E-state index contributed by atoms with van der Waals surface area (Å²) in [5.41, 5.74) is -2.83. The summed E-state index contributed by atoms with van der Waals surface area (Å²) in [4.78, 5) is 39.2. The van der Waals surface area contributed by atoms with E-state index >= 15 is 0 Å². The van der Waals surface area contributed by atoms with Crippen LogP contribution in [0.4, 0.5) is 4.39 Å². The van der Waals surface area contributed by atoms with Gasteiger partial charge < -0.3 is 19.0 Å². The van der Waals surface area contributed by atoms with Gasteiger partial charge in [-0.1, -0.05) is 118 Å². The Morgan fingerprint density at radius 3 is 2.09 bits per heavy atom. The second-order valence-corrected chi connectivity index (χ2v) is 17.0. The van der Waals surface area contributed by atoms with Crippen molar-refractivity contribution in [3.05, 3.63) is 142 Å². The van der Waals surface area contributed by atoms with Gasteiger partial charge in [0.25, 0.3) is 13.9 Å². The number of H-pyrrole nitrogens is 1. The third kappa shape index (κ3) is 6.70. The first-order valence-corrected chi connectivity index (χ1v) is 17.3. The Hall–Kier alpha value is -4.42. The Kier molecular flexibility index (Phi) is 9.92. The summed E-state index contributed by atoms with van der Waals surface area (Å²) in [6.07, 6.45) is -0.598. The average molecular weight is 659 g/mol. The maximum atomic E-state index is 14.6. The van der Waals surface area contributed by atoms with Gasteiger partial charge in [0.1, 0.15) is 17.9 Å². The van der Waals surface area contributed by atoms with Gasteiger partial charge in [-0.2, -0.15) is 4.39 Å². The van der Waals surface area contributed by atoms with E-state index in [1.807, 2.05) is 96.0 Å². The zero-order chi connectivity index (χ0) is 33.8. The van der Waals surface area contributed by atoms with Gasteiger partial charge in [0.2, 0.25) is 5.82 Å². The summed E-state index contributed by atoms with van der Waals surface area (Å²) in [6, 6.07) is 29.2. The first kappa shape index (κ1) is 33.9. The van der Waals surface area contributed by atoms with Gasteiger partial charge in [-0.3, -0.25) is 19.1 Å². The van der Waals surface area contributed by atoms with E-state index in [4.69, 9.17) is 13.9 Å². The zero-order valence-corrected chi connectivity index (χ0v) is 27.6. The number of aliphatic carboxylic acids is 1. The molecule has 9 nitrogen and oxygen atoms in total. The lowest BCUT2D eigenvalue weighted by Gasteiger charge is -2.45. The largest absolute Gasteiger partial charge is 0.481 e. The van der Waals surface area contributed by atoms with Crippen molar-refractivity contribution in [2.75, 3.05) is 6.61 Å². The molecule has 4 aromatic rings. The summed E-state index contributed by atoms with van der Waals surface area (Å²) in [7, 11) is -3.15. The molecule has 0 aliphatic carbocycles. The van der Waals surface area contributed by atoms with E-state index in [0.717, 1.165) is 26.7 Å². The van der Waals surface area contributed by atoms with E-state index in [1.165, 1.54) is 6.08 Å². The molecule has 0 radical (unpaired) electrons. The zero-order valence-electron chi connectivity index (χ0n) is 26.6. The van der Waals surface area contributed by atoms with Crippen LogP contribution in [0.5, 0.6) is 0 Å². The van der Waals surface area contributed by atoms with Crippen LogP contribution < -0.4 is 21.6 Å². The Morgan fingerprint density at radius 2 is 1.57 bits per heavy atom. The molecule has 1 aliphatic rings. The number of carboxylic acids is 1. The maximum absolute atomic E-state index is 14.6. The van der Waals surface area contributed by atoms with Crippen molar-refractivity contribution in [1.29, 1.82) is 0 Å². The molecule has 1 aromatic heterocycles. The predicted molar refractivity (Wildman–Crippen MR) is 179 cm³/mol. The number of nitrogens with zero attached hydrogens (tertiary/aromatic N) is 1. The lowest BCUT2D eigenvalue weighted by atomic mass is 9.87. The summed E-state index contributed by atoms with van der Waals surface area (Å²) >= 11 is 0. The Bertz CT molecular complexity index is 1770. The van der Waals surface area contributed by atoms with Crippen molar-refractivity contribution in [3.8, 4) is 0 Å². The number of aromatic nitrogens is 2. The van der Waals surface area contributed by atoms with Crippen LogP contribution in [-0.4, -0.2) is 47.3 Å². The van der Waals surface area contributed by atoms with E-state index in [1.54, 1.807) is 0 Å². The van der Waals surface area contributed by atoms with Crippen molar-refractivity contribution < 1.29 is 28.2 Å². The standard InChI is InChI=1S/C36H39FN2O7Si/c1-5-36(24-45-47(35(2,3)4,26-17-11-7-12-18-26)27-19-13-8-14-20-27)31(44-23-25-15-9-6-10-16-25)28(21-30(40)41)33(46-36)39-22-29(37)32(42)38-34(39)43/h5-20,22,28,31,33H,1,21,23-24H2,2-4H3,(H,40,41)(H,38,42,43)/t28-,31+,33-,36-/m1/s1. The van der Waals surface area contributed by atoms with Crippen molar-refractivity contribution in [2.24, 2.45) is 5.92 Å². The van der Waals surface area contributed by atoms with Crippen LogP contribution in [0.1, 0.15) is 39.0 Å². The number of carbonyl (C=O) groups is 1. The smallest absolute Gasteiger partial charge is 0.330 e. The van der Waals surface area contributed by atoms with Gasteiger partial charge in [-0.25, -0.2) is 4.79 Å². The normalized spacial score (nSPS) is 21.4. The number of aromatic amines is 1. The molecule has 1 saturated heterocycles. The van der Waals surface area contributed by atoms with Gasteiger partial charge in [-0.05, 0) is 21.0 Å². The third-order valence-electron chi connectivity index (χ3n) is 8.73. The van der Waals surface area contributed by atoms with E-state index in [-0.39, 0.29) is 13.2 Å². The highest BCUT2D eigenvalue weighted by atomic mass is 28.4. The minimum atomic E-state index is -3.15. The summed E-state index contributed by atoms with van der Waals surface area (Å²) in [5, 5.41) is 11.6. The molecule has 0 amide bonds. The Balaban J connectivity index is 1.66. The highest BCUT2D eigenvalue weighted by Crippen LogP contribution is 2.47. The molecule has 0 saturated carbocycles. The molecule has 3 aromatic carbocycles. The SMILES string of the molecule is C=C[C@]1(CO[Si](c2ccccc2)(c2ccccc2)C(C)(C)C)O[C@@H](n2cc(F)c(=O)[nH]c2=O)[C@H](CC(=O)O)[C@@H]1OCc1ccccc1. The molecule has 4 atom stereocenters. The van der Waals surface area contributed by atoms with E-state index in [2.05, 4.69) is 27.4 Å². The number of benzene rings is 3. The van der Waals surface area contributed by atoms with Gasteiger partial charge in [0.05, 0.1) is 25.8 Å². The number of hydrogen-bond acceptors (Lipinski definition) is 6. The fourth-order valence-electron chi connectivity index (χ4n) is 6.56. The lowest BCUT2D eigenvalue weighted by molar-refractivity contribution is -0.140. The van der Waals surface area contributed by atoms with Crippen LogP contribution in [-0.2, 0) is 25.3 Å². The van der Waals surface area contributed by atoms with E-state index < -0.39 is 66.7 Å². The van der Waals surface area contributed by atoms with E-state index in [0.29, 0.717) is 0 Å². The summed E-state index contributed by atoms with van der Waals surface area (Å²) < 4.78 is 35.8. The topological polar surface area (TPSA) is 120 Å². The number of ether oxygens (including phenoxy) is 2. The lowest BCUT2D eigenvalue weighted by Crippen LogP contribution is -2.68. The molecule has 2 heterocycles. The number of hydrogen-bond donors (Lipinski definition) is 2. The van der Waals surface area contributed by atoms with Crippen molar-refractivity contribution in [2.45, 2.75) is 56.8 Å². The molecule has 11 heteroatoms. The van der Waals surface area contributed by atoms with E-state index in [9.17, 15) is 23.9 Å². The first-order chi connectivity index (χ1) is 22.4. The fraction of sp³-hybridized carbons (Fsp3) is 0.306. The molecule has 0 unspecified atom stereocenters. The van der Waals surface area contributed by atoms with Crippen LogP contribution in [0.2, 0.25) is 5.04 Å². The quantitative estimate of drug-likeness (QED) is 0.171. The minimum absolute atomic E-state index is 0.0847. The Labute approximate surface area is 273 Å². The molecule has 0 bridgehead atoms. The molecule has 0 spiro atoms. The molecule has 1 aliphatic heterocycles. The molecule has 2 N–H and O–H groups in total. The van der Waals surface area contributed by atoms with Crippen LogP contribution >= 0.6 is 0 Å². The van der Waals surface area contributed by atoms with Crippen molar-refractivity contribution in [1.82, 2.24) is 9.55 Å². The number of halogens is 1. The highest BCUT2D eigenvalue weighted by Gasteiger charge is 2.59. The Morgan fingerprint density at radius 1 is 1.02 bits per heavy atom. The average Bonchev–Trinajstić information content (AvgIpc) is 3.35. The fourth-order valence-corrected chi connectivity index (χ4v) is 11.2. The second kappa shape index (κ2) is 13.7. The van der Waals surface area contributed by atoms with Crippen LogP contribution in [0.3, 0.4) is 0 Å². The summed E-state index contributed by atoms with van der Waals surface area (Å²) in [5.74, 6) is -3.41. The van der Waals surface area contributed by atoms with Gasteiger partial charge >= 0.3 is 11.7 Å². The number of rotatable bonds is 12. The molecule has 1 fully saturated rings. The van der Waals surface area contributed by atoms with Crippen molar-refractivity contribution in [3.63, 3.8) is 0 Å². The molecule has 5 rings (SSSR count). The van der Waals surface area contributed by atoms with Crippen LogP contribution in [0.25, 0.3) is 0 Å². The monoisotopic (exact) mass is 658 g/mol. The van der Waals surface area contributed by atoms with Crippen molar-refractivity contribution >= 4 is 24.7 Å². The highest BCUT2D eigenvalue weighted by molar-refractivity contribution is 6.99. The number of carboxylic acid groups (broad SMARTS) is 1. The van der Waals surface area contributed by atoms with Gasteiger partial charge in [0, 0.05) is 5.92 Å². The third-order valence-corrected chi connectivity index (χ3v) is 13.7. The minimum Gasteiger partial charge on any atom is -0.481 e.